The molecular weight excluding hydrogens is 406 g/mol. The number of benzene rings is 2. The number of nitrogens with zero attached hydrogens (tertiary/aromatic N) is 3. The molecule has 3 aromatic rings. The lowest BCUT2D eigenvalue weighted by Gasteiger charge is -2.26. The van der Waals surface area contributed by atoms with E-state index in [4.69, 9.17) is 9.72 Å². The van der Waals surface area contributed by atoms with Crippen LogP contribution < -0.4 is 0 Å². The van der Waals surface area contributed by atoms with Gasteiger partial charge in [0.1, 0.15) is 0 Å². The van der Waals surface area contributed by atoms with E-state index in [1.807, 2.05) is 12.1 Å². The normalized spacial score (nSPS) is 15.8. The smallest absolute Gasteiger partial charge is 0.243 e. The molecule has 0 aliphatic carbocycles. The van der Waals surface area contributed by atoms with Gasteiger partial charge in [0.05, 0.1) is 29.1 Å². The highest BCUT2D eigenvalue weighted by Crippen LogP contribution is 2.28. The summed E-state index contributed by atoms with van der Waals surface area (Å²) in [5, 5.41) is 0.930. The van der Waals surface area contributed by atoms with Crippen LogP contribution in [0.15, 0.2) is 58.6 Å². The van der Waals surface area contributed by atoms with Crippen molar-refractivity contribution in [2.24, 2.45) is 0 Å². The Balaban J connectivity index is 1.57. The van der Waals surface area contributed by atoms with E-state index in [1.54, 1.807) is 23.9 Å². The predicted octanol–water partition coefficient (Wildman–Crippen LogP) is 3.41. The monoisotopic (exact) mass is 431 g/mol. The second-order valence-electron chi connectivity index (χ2n) is 6.89. The Bertz CT molecular complexity index is 1080. The molecule has 0 N–H and O–H groups in total. The molecule has 0 radical (unpaired) electrons. The first kappa shape index (κ1) is 20.4. The van der Waals surface area contributed by atoms with Crippen molar-refractivity contribution in [2.75, 3.05) is 32.1 Å². The van der Waals surface area contributed by atoms with E-state index in [0.717, 1.165) is 34.9 Å². The van der Waals surface area contributed by atoms with Crippen molar-refractivity contribution in [3.63, 3.8) is 0 Å². The van der Waals surface area contributed by atoms with Crippen molar-refractivity contribution >= 4 is 32.8 Å². The van der Waals surface area contributed by atoms with Crippen molar-refractivity contribution in [1.82, 2.24) is 13.9 Å². The molecule has 6 nitrogen and oxygen atoms in total. The molecule has 0 amide bonds. The number of fused-ring (bicyclic) bond motifs is 1. The SMILES string of the molecule is CCn1c(SCCc2ccccc2)nc2cc(S(=O)(=O)N3CCOCC3)ccc21. The van der Waals surface area contributed by atoms with Crippen LogP contribution in [0.1, 0.15) is 12.5 Å². The largest absolute Gasteiger partial charge is 0.379 e. The average molecular weight is 432 g/mol. The number of morpholine rings is 1. The van der Waals surface area contributed by atoms with Crippen LogP contribution >= 0.6 is 11.8 Å². The molecule has 0 atom stereocenters. The maximum atomic E-state index is 13.0. The maximum Gasteiger partial charge on any atom is 0.243 e. The summed E-state index contributed by atoms with van der Waals surface area (Å²) in [6, 6.07) is 15.7. The van der Waals surface area contributed by atoms with Gasteiger partial charge in [0.15, 0.2) is 5.16 Å². The van der Waals surface area contributed by atoms with Gasteiger partial charge < -0.3 is 9.30 Å². The third-order valence-electron chi connectivity index (χ3n) is 5.07. The summed E-state index contributed by atoms with van der Waals surface area (Å²) in [4.78, 5) is 5.05. The van der Waals surface area contributed by atoms with Crippen LogP contribution in [0.5, 0.6) is 0 Å². The van der Waals surface area contributed by atoms with Gasteiger partial charge in [0.25, 0.3) is 0 Å². The highest BCUT2D eigenvalue weighted by molar-refractivity contribution is 7.99. The second kappa shape index (κ2) is 8.87. The number of hydrogen-bond acceptors (Lipinski definition) is 5. The van der Waals surface area contributed by atoms with E-state index < -0.39 is 10.0 Å². The molecule has 0 saturated carbocycles. The van der Waals surface area contributed by atoms with Crippen molar-refractivity contribution < 1.29 is 13.2 Å². The van der Waals surface area contributed by atoms with Gasteiger partial charge in [-0.15, -0.1) is 0 Å². The van der Waals surface area contributed by atoms with Gasteiger partial charge in [-0.1, -0.05) is 42.1 Å². The number of imidazole rings is 1. The fraction of sp³-hybridized carbons (Fsp3) is 0.381. The molecule has 29 heavy (non-hydrogen) atoms. The third kappa shape index (κ3) is 4.35. The summed E-state index contributed by atoms with van der Waals surface area (Å²) < 4.78 is 34.8. The molecule has 1 aromatic heterocycles. The van der Waals surface area contributed by atoms with E-state index >= 15 is 0 Å². The second-order valence-corrected chi connectivity index (χ2v) is 9.89. The quantitative estimate of drug-likeness (QED) is 0.537. The first-order chi connectivity index (χ1) is 14.1. The summed E-state index contributed by atoms with van der Waals surface area (Å²) in [5.74, 6) is 0.923. The highest BCUT2D eigenvalue weighted by Gasteiger charge is 2.27. The molecular formula is C21H25N3O3S2. The van der Waals surface area contributed by atoms with E-state index in [-0.39, 0.29) is 0 Å². The Kier molecular flexibility index (Phi) is 6.24. The zero-order valence-electron chi connectivity index (χ0n) is 16.5. The van der Waals surface area contributed by atoms with Crippen LogP contribution in [0.3, 0.4) is 0 Å². The number of ether oxygens (including phenoxy) is 1. The van der Waals surface area contributed by atoms with Crippen LogP contribution in [0, 0.1) is 0 Å². The van der Waals surface area contributed by atoms with Crippen LogP contribution in [0.4, 0.5) is 0 Å². The Morgan fingerprint density at radius 2 is 1.86 bits per heavy atom. The van der Waals surface area contributed by atoms with E-state index in [9.17, 15) is 8.42 Å². The summed E-state index contributed by atoms with van der Waals surface area (Å²) in [6.45, 7) is 4.54. The van der Waals surface area contributed by atoms with Crippen molar-refractivity contribution in [1.29, 1.82) is 0 Å². The van der Waals surface area contributed by atoms with Gasteiger partial charge in [-0.3, -0.25) is 0 Å². The zero-order valence-corrected chi connectivity index (χ0v) is 18.1. The minimum atomic E-state index is -3.52. The first-order valence-corrected chi connectivity index (χ1v) is 12.3. The number of thioether (sulfide) groups is 1. The average Bonchev–Trinajstić information content (AvgIpc) is 3.11. The Morgan fingerprint density at radius 1 is 1.10 bits per heavy atom. The highest BCUT2D eigenvalue weighted by atomic mass is 32.2. The van der Waals surface area contributed by atoms with Crippen LogP contribution in [-0.4, -0.2) is 54.3 Å². The molecule has 1 saturated heterocycles. The van der Waals surface area contributed by atoms with Gasteiger partial charge in [-0.05, 0) is 37.1 Å². The topological polar surface area (TPSA) is 64.4 Å². The molecule has 1 fully saturated rings. The summed E-state index contributed by atoms with van der Waals surface area (Å²) in [6.07, 6.45) is 0.967. The molecule has 1 aliphatic rings. The van der Waals surface area contributed by atoms with Gasteiger partial charge in [-0.2, -0.15) is 4.31 Å². The number of sulfonamides is 1. The summed E-state index contributed by atoms with van der Waals surface area (Å²) in [7, 11) is -3.52. The lowest BCUT2D eigenvalue weighted by molar-refractivity contribution is 0.0730. The van der Waals surface area contributed by atoms with Crippen molar-refractivity contribution in [2.45, 2.75) is 29.9 Å². The predicted molar refractivity (Wildman–Crippen MR) is 116 cm³/mol. The molecule has 4 rings (SSSR count). The summed E-state index contributed by atoms with van der Waals surface area (Å²) >= 11 is 1.71. The molecule has 0 spiro atoms. The number of rotatable bonds is 7. The van der Waals surface area contributed by atoms with Gasteiger partial charge in [0.2, 0.25) is 10.0 Å². The van der Waals surface area contributed by atoms with E-state index in [1.165, 1.54) is 9.87 Å². The van der Waals surface area contributed by atoms with Crippen LogP contribution in [-0.2, 0) is 27.7 Å². The zero-order chi connectivity index (χ0) is 20.3. The fourth-order valence-corrected chi connectivity index (χ4v) is 6.00. The number of aromatic nitrogens is 2. The molecule has 1 aliphatic heterocycles. The Labute approximate surface area is 175 Å². The molecule has 0 unspecified atom stereocenters. The maximum absolute atomic E-state index is 13.0. The van der Waals surface area contributed by atoms with Crippen molar-refractivity contribution in [3.05, 3.63) is 54.1 Å². The standard InChI is InChI=1S/C21H25N3O3S2/c1-2-24-20-9-8-18(29(25,26)23-11-13-27-14-12-23)16-19(20)22-21(24)28-15-10-17-6-4-3-5-7-17/h3-9,16H,2,10-15H2,1H3. The molecule has 2 heterocycles. The lowest BCUT2D eigenvalue weighted by Crippen LogP contribution is -2.40. The molecule has 8 heteroatoms. The van der Waals surface area contributed by atoms with Crippen LogP contribution in [0.25, 0.3) is 11.0 Å². The van der Waals surface area contributed by atoms with E-state index in [2.05, 4.69) is 35.8 Å². The molecule has 2 aromatic carbocycles. The molecule has 154 valence electrons. The van der Waals surface area contributed by atoms with Crippen molar-refractivity contribution in [3.8, 4) is 0 Å². The molecule has 0 bridgehead atoms. The minimum absolute atomic E-state index is 0.300. The Morgan fingerprint density at radius 3 is 2.59 bits per heavy atom. The third-order valence-corrected chi connectivity index (χ3v) is 7.95. The minimum Gasteiger partial charge on any atom is -0.379 e. The lowest BCUT2D eigenvalue weighted by atomic mass is 10.2. The number of aryl methyl sites for hydroxylation is 2. The fourth-order valence-electron chi connectivity index (χ4n) is 3.50. The number of hydrogen-bond donors (Lipinski definition) is 0. The van der Waals surface area contributed by atoms with Gasteiger partial charge in [0, 0.05) is 25.4 Å². The van der Waals surface area contributed by atoms with Gasteiger partial charge >= 0.3 is 0 Å². The van der Waals surface area contributed by atoms with Gasteiger partial charge in [-0.25, -0.2) is 13.4 Å². The van der Waals surface area contributed by atoms with Crippen LogP contribution in [0.2, 0.25) is 0 Å². The Hall–Kier alpha value is -1.87. The van der Waals surface area contributed by atoms with E-state index in [0.29, 0.717) is 31.2 Å². The summed E-state index contributed by atoms with van der Waals surface area (Å²) in [5.41, 5.74) is 3.00. The first-order valence-electron chi connectivity index (χ1n) is 9.84.